The molecule has 0 spiro atoms. The second-order valence-corrected chi connectivity index (χ2v) is 2.53. The molecule has 2 heteroatoms. The summed E-state index contributed by atoms with van der Waals surface area (Å²) in [5, 5.41) is 8.47. The van der Waals surface area contributed by atoms with E-state index in [-0.39, 0.29) is 0 Å². The van der Waals surface area contributed by atoms with E-state index in [4.69, 9.17) is 5.11 Å². The minimum Gasteiger partial charge on any atom is -0.478 e. The van der Waals surface area contributed by atoms with Crippen molar-refractivity contribution < 1.29 is 9.90 Å². The fourth-order valence-electron chi connectivity index (χ4n) is 0.970. The second kappa shape index (κ2) is 3.72. The van der Waals surface area contributed by atoms with Crippen LogP contribution in [0.2, 0.25) is 0 Å². The van der Waals surface area contributed by atoms with Gasteiger partial charge in [0.15, 0.2) is 0 Å². The van der Waals surface area contributed by atoms with Gasteiger partial charge in [0, 0.05) is 6.08 Å². The van der Waals surface area contributed by atoms with Crippen LogP contribution in [0.4, 0.5) is 0 Å². The van der Waals surface area contributed by atoms with Crippen LogP contribution in [0.3, 0.4) is 0 Å². The van der Waals surface area contributed by atoms with Crippen LogP contribution in [-0.4, -0.2) is 11.1 Å². The molecule has 1 aromatic carbocycles. The minimum absolute atomic E-state index is 0.767. The van der Waals surface area contributed by atoms with Crippen molar-refractivity contribution in [3.63, 3.8) is 0 Å². The Balaban J connectivity index is 2.93. The van der Waals surface area contributed by atoms with Gasteiger partial charge in [-0.1, -0.05) is 30.3 Å². The third-order valence-corrected chi connectivity index (χ3v) is 1.57. The zero-order valence-corrected chi connectivity index (χ0v) is 6.82. The lowest BCUT2D eigenvalue weighted by molar-refractivity contribution is -0.131. The average molecular weight is 163 g/mol. The number of rotatable bonds is 2. The zero-order valence-electron chi connectivity index (χ0n) is 6.82. The Hall–Kier alpha value is -1.57. The summed E-state index contributed by atoms with van der Waals surface area (Å²) in [5.41, 5.74) is 1.71. The molecule has 0 aliphatic heterocycles. The molecule has 0 amide bonds. The van der Waals surface area contributed by atoms with Gasteiger partial charge < -0.3 is 5.11 Å². The van der Waals surface area contributed by atoms with Gasteiger partial charge in [-0.3, -0.25) is 0 Å². The first-order valence-corrected chi connectivity index (χ1v) is 3.67. The molecule has 0 atom stereocenters. The van der Waals surface area contributed by atoms with E-state index < -0.39 is 5.97 Å². The molecular weight excluding hydrogens is 153 g/mol. The van der Waals surface area contributed by atoms with Gasteiger partial charge in [0.1, 0.15) is 0 Å². The average Bonchev–Trinajstić information content (AvgIpc) is 2.05. The molecule has 0 saturated heterocycles. The maximum atomic E-state index is 10.3. The van der Waals surface area contributed by atoms with Crippen LogP contribution in [-0.2, 0) is 4.79 Å². The molecule has 1 N–H and O–H groups in total. The van der Waals surface area contributed by atoms with Crippen molar-refractivity contribution in [1.82, 2.24) is 0 Å². The highest BCUT2D eigenvalue weighted by Gasteiger charge is 1.95. The monoisotopic (exact) mass is 163 g/mol. The van der Waals surface area contributed by atoms with E-state index in [9.17, 15) is 4.79 Å². The van der Waals surface area contributed by atoms with Gasteiger partial charge >= 0.3 is 5.97 Å². The Bertz CT molecular complexity index is 299. The molecule has 0 bridgehead atoms. The maximum Gasteiger partial charge on any atom is 0.328 e. The third-order valence-electron chi connectivity index (χ3n) is 1.57. The molecule has 0 saturated carbocycles. The summed E-state index contributed by atoms with van der Waals surface area (Å²) in [4.78, 5) is 10.3. The Kier molecular flexibility index (Phi) is 2.64. The highest BCUT2D eigenvalue weighted by atomic mass is 16.4. The molecule has 0 aromatic heterocycles. The first-order chi connectivity index (χ1) is 5.70. The Morgan fingerprint density at radius 1 is 1.33 bits per heavy atom. The summed E-state index contributed by atoms with van der Waals surface area (Å²) in [6.07, 6.45) is 1.20. The molecule has 0 radical (unpaired) electrons. The van der Waals surface area contributed by atoms with Crippen LogP contribution in [0.1, 0.15) is 12.5 Å². The first-order valence-electron chi connectivity index (χ1n) is 3.67. The van der Waals surface area contributed by atoms with Crippen LogP contribution < -0.4 is 0 Å². The van der Waals surface area contributed by atoms with Gasteiger partial charge in [-0.05, 0) is 18.1 Å². The van der Waals surface area contributed by atoms with Crippen LogP contribution in [0.5, 0.6) is 0 Å². The van der Waals surface area contributed by atoms with Crippen LogP contribution in [0.15, 0.2) is 36.4 Å². The number of benzene rings is 1. The molecule has 1 aromatic rings. The predicted molar refractivity (Wildman–Crippen MR) is 47.7 cm³/mol. The summed E-state index contributed by atoms with van der Waals surface area (Å²) in [7, 11) is 0. The maximum absolute atomic E-state index is 10.3. The normalized spacial score (nSPS) is 11.2. The van der Waals surface area contributed by atoms with E-state index in [0.717, 1.165) is 11.1 Å². The molecule has 2 nitrogen and oxygen atoms in total. The van der Waals surface area contributed by atoms with E-state index in [2.05, 4.69) is 0 Å². The van der Waals surface area contributed by atoms with Gasteiger partial charge in [0.25, 0.3) is 0 Å². The number of aliphatic carboxylic acids is 1. The quantitative estimate of drug-likeness (QED) is 0.536. The molecular formula is C10H10O2. The lowest BCUT2D eigenvalue weighted by Gasteiger charge is -1.97. The van der Waals surface area contributed by atoms with Crippen LogP contribution in [0.25, 0.3) is 5.57 Å². The van der Waals surface area contributed by atoms with Gasteiger partial charge in [0.2, 0.25) is 0 Å². The highest BCUT2D eigenvalue weighted by molar-refractivity contribution is 5.89. The number of hydrogen-bond acceptors (Lipinski definition) is 1. The lowest BCUT2D eigenvalue weighted by atomic mass is 10.2. The molecule has 62 valence electrons. The number of allylic oxidation sites excluding steroid dienone is 1. The van der Waals surface area contributed by atoms with E-state index in [0.29, 0.717) is 0 Å². The first kappa shape index (κ1) is 8.53. The standard InChI is InChI=1S/C10H10O2/c1-8(7-10(11)12)9-5-3-2-4-6-9/h2-7H,1H3,(H,11,12)/b8-7+/i8+1. The summed E-state index contributed by atoms with van der Waals surface area (Å²) in [6.45, 7) is 1.78. The Morgan fingerprint density at radius 3 is 2.42 bits per heavy atom. The topological polar surface area (TPSA) is 37.3 Å². The van der Waals surface area contributed by atoms with Gasteiger partial charge in [-0.2, -0.15) is 0 Å². The lowest BCUT2D eigenvalue weighted by Crippen LogP contribution is -1.89. The summed E-state index contributed by atoms with van der Waals surface area (Å²) >= 11 is 0. The van der Waals surface area contributed by atoms with Crippen molar-refractivity contribution in [3.05, 3.63) is 42.0 Å². The molecule has 0 heterocycles. The number of carboxylic acids is 1. The summed E-state index contributed by atoms with van der Waals surface area (Å²) in [5.74, 6) is -0.906. The minimum atomic E-state index is -0.906. The Morgan fingerprint density at radius 2 is 1.92 bits per heavy atom. The number of carbonyl (C=O) groups is 1. The van der Waals surface area contributed by atoms with Crippen LogP contribution in [0, 0.1) is 0 Å². The molecule has 0 aliphatic carbocycles. The molecule has 12 heavy (non-hydrogen) atoms. The number of hydrogen-bond donors (Lipinski definition) is 1. The Labute approximate surface area is 71.2 Å². The third kappa shape index (κ3) is 2.23. The second-order valence-electron chi connectivity index (χ2n) is 2.53. The van der Waals surface area contributed by atoms with E-state index in [1.165, 1.54) is 6.08 Å². The van der Waals surface area contributed by atoms with E-state index in [1.54, 1.807) is 6.92 Å². The van der Waals surface area contributed by atoms with E-state index >= 15 is 0 Å². The zero-order chi connectivity index (χ0) is 8.97. The van der Waals surface area contributed by atoms with Crippen LogP contribution >= 0.6 is 0 Å². The predicted octanol–water partition coefficient (Wildman–Crippen LogP) is 2.17. The number of carboxylic acid groups (broad SMARTS) is 1. The van der Waals surface area contributed by atoms with Gasteiger partial charge in [-0.25, -0.2) is 4.79 Å². The largest absolute Gasteiger partial charge is 0.478 e. The highest BCUT2D eigenvalue weighted by Crippen LogP contribution is 2.11. The van der Waals surface area contributed by atoms with Crippen molar-refractivity contribution in [2.24, 2.45) is 0 Å². The van der Waals surface area contributed by atoms with Crippen molar-refractivity contribution in [2.75, 3.05) is 0 Å². The van der Waals surface area contributed by atoms with Crippen molar-refractivity contribution >= 4 is 11.5 Å². The summed E-state index contributed by atoms with van der Waals surface area (Å²) in [6, 6.07) is 9.43. The van der Waals surface area contributed by atoms with Crippen molar-refractivity contribution in [1.29, 1.82) is 0 Å². The molecule has 1 rings (SSSR count). The van der Waals surface area contributed by atoms with Crippen molar-refractivity contribution in [3.8, 4) is 0 Å². The smallest absolute Gasteiger partial charge is 0.328 e. The molecule has 0 unspecified atom stereocenters. The van der Waals surface area contributed by atoms with Crippen molar-refractivity contribution in [2.45, 2.75) is 6.92 Å². The fourth-order valence-corrected chi connectivity index (χ4v) is 0.970. The molecule has 0 fully saturated rings. The van der Waals surface area contributed by atoms with Gasteiger partial charge in [-0.15, -0.1) is 0 Å². The fraction of sp³-hybridized carbons (Fsp3) is 0.100. The summed E-state index contributed by atoms with van der Waals surface area (Å²) < 4.78 is 0. The van der Waals surface area contributed by atoms with Gasteiger partial charge in [0.05, 0.1) is 0 Å². The molecule has 0 aliphatic rings. The SMILES string of the molecule is C/[13C](=C\C(=O)O)c1ccccc1. The van der Waals surface area contributed by atoms with E-state index in [1.807, 2.05) is 30.3 Å².